The summed E-state index contributed by atoms with van der Waals surface area (Å²) >= 11 is 0. The molecule has 6 nitrogen and oxygen atoms in total. The molecule has 1 saturated heterocycles. The molecule has 3 heterocycles. The summed E-state index contributed by atoms with van der Waals surface area (Å²) in [5.41, 5.74) is 6.76. The smallest absolute Gasteiger partial charge is 0.270 e. The monoisotopic (exact) mass is 271 g/mol. The molecule has 1 amide bonds. The normalized spacial score (nSPS) is 15.4. The highest BCUT2D eigenvalue weighted by Gasteiger charge is 2.23. The van der Waals surface area contributed by atoms with E-state index in [9.17, 15) is 4.79 Å². The van der Waals surface area contributed by atoms with Crippen molar-refractivity contribution in [3.8, 4) is 0 Å². The Balaban J connectivity index is 1.63. The average Bonchev–Trinajstić information content (AvgIpc) is 2.94. The Kier molecular flexibility index (Phi) is 3.28. The summed E-state index contributed by atoms with van der Waals surface area (Å²) in [6, 6.07) is 7.54. The SMILES string of the molecule is Nc1c[nH]c(C(=O)N2CCN(c3ccccn3)CC2)c1. The first-order chi connectivity index (χ1) is 9.74. The summed E-state index contributed by atoms with van der Waals surface area (Å²) in [5, 5.41) is 0. The number of piperazine rings is 1. The molecule has 0 unspecified atom stereocenters. The largest absolute Gasteiger partial charge is 0.397 e. The van der Waals surface area contributed by atoms with Crippen molar-refractivity contribution in [2.45, 2.75) is 0 Å². The average molecular weight is 271 g/mol. The van der Waals surface area contributed by atoms with E-state index in [0.29, 0.717) is 24.5 Å². The van der Waals surface area contributed by atoms with Gasteiger partial charge in [0.1, 0.15) is 11.5 Å². The van der Waals surface area contributed by atoms with Crippen LogP contribution >= 0.6 is 0 Å². The van der Waals surface area contributed by atoms with Crippen molar-refractivity contribution in [2.24, 2.45) is 0 Å². The van der Waals surface area contributed by atoms with Crippen molar-refractivity contribution >= 4 is 17.4 Å². The van der Waals surface area contributed by atoms with E-state index in [1.165, 1.54) is 0 Å². The minimum atomic E-state index is 0.00220. The standard InChI is InChI=1S/C14H17N5O/c15-11-9-12(17-10-11)14(20)19-7-5-18(6-8-19)13-3-1-2-4-16-13/h1-4,9-10,17H,5-8,15H2. The van der Waals surface area contributed by atoms with Crippen molar-refractivity contribution in [1.29, 1.82) is 0 Å². The number of rotatable bonds is 2. The fourth-order valence-electron chi connectivity index (χ4n) is 2.38. The second kappa shape index (κ2) is 5.24. The second-order valence-corrected chi connectivity index (χ2v) is 4.81. The number of carbonyl (C=O) groups is 1. The highest BCUT2D eigenvalue weighted by atomic mass is 16.2. The van der Waals surface area contributed by atoms with Gasteiger partial charge in [-0.15, -0.1) is 0 Å². The molecule has 0 radical (unpaired) electrons. The fraction of sp³-hybridized carbons (Fsp3) is 0.286. The van der Waals surface area contributed by atoms with Crippen molar-refractivity contribution < 1.29 is 4.79 Å². The summed E-state index contributed by atoms with van der Waals surface area (Å²) in [6.07, 6.45) is 3.42. The molecule has 0 saturated carbocycles. The van der Waals surface area contributed by atoms with Gasteiger partial charge in [0, 0.05) is 44.3 Å². The highest BCUT2D eigenvalue weighted by Crippen LogP contribution is 2.14. The second-order valence-electron chi connectivity index (χ2n) is 4.81. The maximum atomic E-state index is 12.3. The first-order valence-electron chi connectivity index (χ1n) is 6.63. The summed E-state index contributed by atoms with van der Waals surface area (Å²) in [6.45, 7) is 2.96. The Hall–Kier alpha value is -2.50. The molecule has 0 spiro atoms. The van der Waals surface area contributed by atoms with Gasteiger partial charge < -0.3 is 20.5 Å². The Morgan fingerprint density at radius 2 is 2.05 bits per heavy atom. The Labute approximate surface area is 117 Å². The maximum Gasteiger partial charge on any atom is 0.270 e. The van der Waals surface area contributed by atoms with E-state index in [-0.39, 0.29) is 5.91 Å². The fourth-order valence-corrected chi connectivity index (χ4v) is 2.38. The molecule has 104 valence electrons. The van der Waals surface area contributed by atoms with Crippen LogP contribution in [0.25, 0.3) is 0 Å². The Morgan fingerprint density at radius 1 is 1.25 bits per heavy atom. The van der Waals surface area contributed by atoms with Gasteiger partial charge >= 0.3 is 0 Å². The third-order valence-electron chi connectivity index (χ3n) is 3.48. The minimum absolute atomic E-state index is 0.00220. The van der Waals surface area contributed by atoms with Gasteiger partial charge in [0.15, 0.2) is 0 Å². The van der Waals surface area contributed by atoms with Crippen molar-refractivity contribution in [1.82, 2.24) is 14.9 Å². The zero-order valence-corrected chi connectivity index (χ0v) is 11.1. The van der Waals surface area contributed by atoms with Crippen LogP contribution < -0.4 is 10.6 Å². The molecule has 1 aliphatic rings. The van der Waals surface area contributed by atoms with Crippen LogP contribution in [0, 0.1) is 0 Å². The molecule has 0 aromatic carbocycles. The summed E-state index contributed by atoms with van der Waals surface area (Å²) in [5.74, 6) is 0.964. The first-order valence-corrected chi connectivity index (χ1v) is 6.63. The number of aromatic amines is 1. The third-order valence-corrected chi connectivity index (χ3v) is 3.48. The van der Waals surface area contributed by atoms with Crippen molar-refractivity contribution in [2.75, 3.05) is 36.8 Å². The van der Waals surface area contributed by atoms with Crippen LogP contribution in [0.5, 0.6) is 0 Å². The summed E-state index contributed by atoms with van der Waals surface area (Å²) in [4.78, 5) is 23.5. The van der Waals surface area contributed by atoms with Crippen LogP contribution in [-0.2, 0) is 0 Å². The molecule has 3 N–H and O–H groups in total. The Morgan fingerprint density at radius 3 is 2.65 bits per heavy atom. The van der Waals surface area contributed by atoms with Crippen molar-refractivity contribution in [3.63, 3.8) is 0 Å². The number of hydrogen-bond acceptors (Lipinski definition) is 4. The molecular weight excluding hydrogens is 254 g/mol. The molecule has 0 aliphatic carbocycles. The van der Waals surface area contributed by atoms with Crippen LogP contribution in [0.3, 0.4) is 0 Å². The van der Waals surface area contributed by atoms with E-state index in [0.717, 1.165) is 18.9 Å². The van der Waals surface area contributed by atoms with Crippen LogP contribution in [0.4, 0.5) is 11.5 Å². The highest BCUT2D eigenvalue weighted by molar-refractivity contribution is 5.93. The van der Waals surface area contributed by atoms with Gasteiger partial charge in [-0.1, -0.05) is 6.07 Å². The molecule has 2 aromatic heterocycles. The van der Waals surface area contributed by atoms with Gasteiger partial charge in [-0.05, 0) is 18.2 Å². The van der Waals surface area contributed by atoms with Gasteiger partial charge in [-0.25, -0.2) is 4.98 Å². The van der Waals surface area contributed by atoms with Gasteiger partial charge in [0.2, 0.25) is 0 Å². The molecule has 0 bridgehead atoms. The van der Waals surface area contributed by atoms with Gasteiger partial charge in [-0.2, -0.15) is 0 Å². The van der Waals surface area contributed by atoms with Crippen molar-refractivity contribution in [3.05, 3.63) is 42.4 Å². The molecular formula is C14H17N5O. The lowest BCUT2D eigenvalue weighted by Crippen LogP contribution is -2.49. The van der Waals surface area contributed by atoms with E-state index in [1.807, 2.05) is 23.1 Å². The zero-order valence-electron chi connectivity index (χ0n) is 11.1. The topological polar surface area (TPSA) is 78.2 Å². The van der Waals surface area contributed by atoms with Crippen LogP contribution in [0.2, 0.25) is 0 Å². The lowest BCUT2D eigenvalue weighted by atomic mass is 10.2. The number of carbonyl (C=O) groups excluding carboxylic acids is 1. The van der Waals surface area contributed by atoms with Crippen LogP contribution in [-0.4, -0.2) is 47.0 Å². The summed E-state index contributed by atoms with van der Waals surface area (Å²) < 4.78 is 0. The molecule has 20 heavy (non-hydrogen) atoms. The quantitative estimate of drug-likeness (QED) is 0.852. The molecule has 1 aliphatic heterocycles. The Bertz CT molecular complexity index is 587. The lowest BCUT2D eigenvalue weighted by molar-refractivity contribution is 0.0741. The lowest BCUT2D eigenvalue weighted by Gasteiger charge is -2.35. The number of hydrogen-bond donors (Lipinski definition) is 2. The number of nitrogens with two attached hydrogens (primary N) is 1. The number of amides is 1. The number of nitrogens with one attached hydrogen (secondary N) is 1. The van der Waals surface area contributed by atoms with E-state index in [4.69, 9.17) is 5.73 Å². The molecule has 6 heteroatoms. The van der Waals surface area contributed by atoms with Crippen LogP contribution in [0.15, 0.2) is 36.7 Å². The molecule has 0 atom stereocenters. The predicted molar refractivity (Wildman–Crippen MR) is 77.6 cm³/mol. The maximum absolute atomic E-state index is 12.3. The summed E-state index contributed by atoms with van der Waals surface area (Å²) in [7, 11) is 0. The minimum Gasteiger partial charge on any atom is -0.397 e. The molecule has 1 fully saturated rings. The number of nitrogen functional groups attached to an aromatic ring is 1. The third kappa shape index (κ3) is 2.45. The first kappa shape index (κ1) is 12.5. The number of H-pyrrole nitrogens is 1. The van der Waals surface area contributed by atoms with E-state index >= 15 is 0 Å². The van der Waals surface area contributed by atoms with Gasteiger partial charge in [0.05, 0.1) is 0 Å². The van der Waals surface area contributed by atoms with E-state index in [1.54, 1.807) is 18.5 Å². The van der Waals surface area contributed by atoms with Gasteiger partial charge in [-0.3, -0.25) is 4.79 Å². The van der Waals surface area contributed by atoms with E-state index in [2.05, 4.69) is 14.9 Å². The predicted octanol–water partition coefficient (Wildman–Crippen LogP) is 0.954. The number of aromatic nitrogens is 2. The van der Waals surface area contributed by atoms with Gasteiger partial charge in [0.25, 0.3) is 5.91 Å². The molecule has 2 aromatic rings. The van der Waals surface area contributed by atoms with E-state index < -0.39 is 0 Å². The number of nitrogens with zero attached hydrogens (tertiary/aromatic N) is 3. The molecule has 3 rings (SSSR count). The van der Waals surface area contributed by atoms with Crippen LogP contribution in [0.1, 0.15) is 10.5 Å². The number of anilines is 2. The number of pyridine rings is 1. The zero-order chi connectivity index (χ0) is 13.9.